The average Bonchev–Trinajstić information content (AvgIpc) is 3.33. The fourth-order valence-corrected chi connectivity index (χ4v) is 4.49. The monoisotopic (exact) mass is 429 g/mol. The van der Waals surface area contributed by atoms with Gasteiger partial charge in [-0.1, -0.05) is 67.9 Å². The largest absolute Gasteiger partial charge is 0.329 e. The number of hydrazone groups is 1. The number of carbonyl (C=O) groups is 1. The predicted molar refractivity (Wildman–Crippen MR) is 129 cm³/mol. The maximum atomic E-state index is 13.6. The van der Waals surface area contributed by atoms with Crippen molar-refractivity contribution in [2.75, 3.05) is 5.01 Å². The maximum Gasteiger partial charge on any atom is 0.255 e. The number of rotatable bonds is 8. The lowest BCUT2D eigenvalue weighted by Gasteiger charge is -2.31. The van der Waals surface area contributed by atoms with Crippen LogP contribution in [0.1, 0.15) is 30.2 Å². The molecular formula is C26H27N3OS. The summed E-state index contributed by atoms with van der Waals surface area (Å²) in [5.41, 5.74) is 2.83. The second kappa shape index (κ2) is 10.2. The molecule has 0 spiro atoms. The lowest BCUT2D eigenvalue weighted by molar-refractivity contribution is -0.127. The van der Waals surface area contributed by atoms with E-state index in [4.69, 9.17) is 0 Å². The van der Waals surface area contributed by atoms with Gasteiger partial charge in [0.05, 0.1) is 30.1 Å². The molecule has 5 heteroatoms. The van der Waals surface area contributed by atoms with Gasteiger partial charge in [-0.15, -0.1) is 11.3 Å². The van der Waals surface area contributed by atoms with Gasteiger partial charge in [-0.05, 0) is 41.6 Å². The minimum atomic E-state index is 0.0230. The van der Waals surface area contributed by atoms with Crippen LogP contribution in [0.4, 0.5) is 5.69 Å². The molecule has 1 aliphatic heterocycles. The van der Waals surface area contributed by atoms with Gasteiger partial charge < -0.3 is 4.90 Å². The Hall–Kier alpha value is -3.18. The van der Waals surface area contributed by atoms with E-state index in [1.807, 2.05) is 52.4 Å². The van der Waals surface area contributed by atoms with E-state index in [1.165, 1.54) is 4.88 Å². The summed E-state index contributed by atoms with van der Waals surface area (Å²) < 4.78 is 0. The molecule has 0 saturated heterocycles. The van der Waals surface area contributed by atoms with E-state index in [2.05, 4.69) is 53.8 Å². The third kappa shape index (κ3) is 5.30. The van der Waals surface area contributed by atoms with Gasteiger partial charge in [-0.2, -0.15) is 5.10 Å². The van der Waals surface area contributed by atoms with Crippen molar-refractivity contribution in [1.82, 2.24) is 4.90 Å². The summed E-state index contributed by atoms with van der Waals surface area (Å²) in [5, 5.41) is 8.75. The van der Waals surface area contributed by atoms with Crippen LogP contribution in [0.3, 0.4) is 0 Å². The molecule has 4 rings (SSSR count). The second-order valence-electron chi connectivity index (χ2n) is 7.63. The molecule has 158 valence electrons. The maximum absolute atomic E-state index is 13.6. The van der Waals surface area contributed by atoms with Crippen LogP contribution in [-0.4, -0.2) is 23.1 Å². The van der Waals surface area contributed by atoms with Gasteiger partial charge in [0.2, 0.25) is 0 Å². The number of carbonyl (C=O) groups excluding carboxylic acids is 1. The summed E-state index contributed by atoms with van der Waals surface area (Å²) in [6.45, 7) is 3.33. The average molecular weight is 430 g/mol. The smallest absolute Gasteiger partial charge is 0.255 e. The van der Waals surface area contributed by atoms with Gasteiger partial charge in [-0.3, -0.25) is 9.80 Å². The zero-order chi connectivity index (χ0) is 21.5. The van der Waals surface area contributed by atoms with Crippen molar-refractivity contribution in [2.45, 2.75) is 38.9 Å². The lowest BCUT2D eigenvalue weighted by Crippen LogP contribution is -2.37. The first-order chi connectivity index (χ1) is 15.2. The van der Waals surface area contributed by atoms with E-state index in [0.29, 0.717) is 18.7 Å². The number of thiophene rings is 1. The highest BCUT2D eigenvalue weighted by Crippen LogP contribution is 2.25. The van der Waals surface area contributed by atoms with Crippen molar-refractivity contribution in [3.8, 4) is 0 Å². The first-order valence-electron chi connectivity index (χ1n) is 10.7. The highest BCUT2D eigenvalue weighted by molar-refractivity contribution is 7.09. The number of nitrogens with zero attached hydrogens (tertiary/aromatic N) is 3. The summed E-state index contributed by atoms with van der Waals surface area (Å²) in [7, 11) is 0. The van der Waals surface area contributed by atoms with Crippen molar-refractivity contribution >= 4 is 29.1 Å². The van der Waals surface area contributed by atoms with Crippen LogP contribution in [0.5, 0.6) is 0 Å². The summed E-state index contributed by atoms with van der Waals surface area (Å²) in [6, 6.07) is 24.5. The fourth-order valence-electron chi connectivity index (χ4n) is 3.77. The first kappa shape index (κ1) is 21.1. The predicted octanol–water partition coefficient (Wildman–Crippen LogP) is 5.88. The molecule has 2 heterocycles. The molecule has 0 bridgehead atoms. The van der Waals surface area contributed by atoms with Crippen LogP contribution in [0.2, 0.25) is 0 Å². The molecule has 1 unspecified atom stereocenters. The van der Waals surface area contributed by atoms with Crippen molar-refractivity contribution in [3.63, 3.8) is 0 Å². The van der Waals surface area contributed by atoms with Gasteiger partial charge >= 0.3 is 0 Å². The number of para-hydroxylation sites is 1. The Morgan fingerprint density at radius 2 is 1.74 bits per heavy atom. The van der Waals surface area contributed by atoms with Crippen molar-refractivity contribution < 1.29 is 4.79 Å². The quantitative estimate of drug-likeness (QED) is 0.448. The standard InChI is InChI=1S/C26H27N3OS/c1-2-10-24-17-22(18-27-29(24)23-13-7-4-8-14-23)26(30)28(20-25-15-9-16-31-25)19-21-11-5-3-6-12-21/h3-9,11-18,24H,2,10,19-20H2,1H3. The third-order valence-electron chi connectivity index (χ3n) is 5.29. The van der Waals surface area contributed by atoms with Crippen molar-refractivity contribution in [3.05, 3.63) is 100 Å². The van der Waals surface area contributed by atoms with Crippen LogP contribution < -0.4 is 5.01 Å². The Kier molecular flexibility index (Phi) is 6.95. The summed E-state index contributed by atoms with van der Waals surface area (Å²) in [5.74, 6) is 0.0230. The Bertz CT molecular complexity index is 1030. The van der Waals surface area contributed by atoms with E-state index in [-0.39, 0.29) is 11.9 Å². The van der Waals surface area contributed by atoms with Crippen LogP contribution in [0.15, 0.2) is 94.9 Å². The van der Waals surface area contributed by atoms with Crippen LogP contribution in [-0.2, 0) is 17.9 Å². The van der Waals surface area contributed by atoms with Crippen molar-refractivity contribution in [1.29, 1.82) is 0 Å². The van der Waals surface area contributed by atoms with Crippen molar-refractivity contribution in [2.24, 2.45) is 5.10 Å². The lowest BCUT2D eigenvalue weighted by atomic mass is 10.0. The van der Waals surface area contributed by atoms with E-state index in [9.17, 15) is 4.79 Å². The number of benzene rings is 2. The molecule has 0 aliphatic carbocycles. The third-order valence-corrected chi connectivity index (χ3v) is 6.15. The molecule has 1 amide bonds. The first-order valence-corrected chi connectivity index (χ1v) is 11.6. The van der Waals surface area contributed by atoms with Gasteiger partial charge in [0.15, 0.2) is 0 Å². The number of anilines is 1. The highest BCUT2D eigenvalue weighted by Gasteiger charge is 2.25. The second-order valence-corrected chi connectivity index (χ2v) is 8.66. The molecule has 0 fully saturated rings. The highest BCUT2D eigenvalue weighted by atomic mass is 32.1. The van der Waals surface area contributed by atoms with E-state index in [1.54, 1.807) is 17.6 Å². The zero-order valence-electron chi connectivity index (χ0n) is 17.7. The zero-order valence-corrected chi connectivity index (χ0v) is 18.5. The fraction of sp³-hybridized carbons (Fsp3) is 0.231. The summed E-state index contributed by atoms with van der Waals surface area (Å²) in [6.07, 6.45) is 5.75. The molecule has 31 heavy (non-hydrogen) atoms. The molecule has 1 atom stereocenters. The van der Waals surface area contributed by atoms with E-state index < -0.39 is 0 Å². The van der Waals surface area contributed by atoms with Crippen LogP contribution in [0.25, 0.3) is 0 Å². The van der Waals surface area contributed by atoms with Crippen LogP contribution in [0, 0.1) is 0 Å². The minimum absolute atomic E-state index is 0.0230. The number of hydrogen-bond donors (Lipinski definition) is 0. The minimum Gasteiger partial charge on any atom is -0.329 e. The topological polar surface area (TPSA) is 35.9 Å². The van der Waals surface area contributed by atoms with Gasteiger partial charge in [0, 0.05) is 11.4 Å². The Morgan fingerprint density at radius 3 is 2.42 bits per heavy atom. The molecule has 0 radical (unpaired) electrons. The van der Waals surface area contributed by atoms with E-state index in [0.717, 1.165) is 24.1 Å². The number of amides is 1. The van der Waals surface area contributed by atoms with Gasteiger partial charge in [0.1, 0.15) is 0 Å². The molecule has 1 aliphatic rings. The number of hydrogen-bond acceptors (Lipinski definition) is 4. The normalized spacial score (nSPS) is 15.6. The Labute approximate surface area is 188 Å². The Balaban J connectivity index is 1.58. The molecular weight excluding hydrogens is 402 g/mol. The molecule has 0 N–H and O–H groups in total. The van der Waals surface area contributed by atoms with E-state index >= 15 is 0 Å². The SMILES string of the molecule is CCCC1C=C(C(=O)N(Cc2ccccc2)Cc2cccs2)C=NN1c1ccccc1. The molecule has 3 aromatic rings. The molecule has 4 nitrogen and oxygen atoms in total. The molecule has 2 aromatic carbocycles. The molecule has 0 saturated carbocycles. The summed E-state index contributed by atoms with van der Waals surface area (Å²) >= 11 is 1.68. The van der Waals surface area contributed by atoms with Gasteiger partial charge in [-0.25, -0.2) is 0 Å². The summed E-state index contributed by atoms with van der Waals surface area (Å²) in [4.78, 5) is 16.7. The Morgan fingerprint density at radius 1 is 1.00 bits per heavy atom. The molecule has 1 aromatic heterocycles. The van der Waals surface area contributed by atoms with Crippen LogP contribution >= 0.6 is 11.3 Å². The van der Waals surface area contributed by atoms with Gasteiger partial charge in [0.25, 0.3) is 5.91 Å².